The summed E-state index contributed by atoms with van der Waals surface area (Å²) >= 11 is 0. The van der Waals surface area contributed by atoms with Crippen molar-refractivity contribution in [1.29, 1.82) is 5.39 Å². The molecule has 0 N–H and O–H groups in total. The summed E-state index contributed by atoms with van der Waals surface area (Å²) in [6.45, 7) is 2.07. The maximum absolute atomic E-state index is 8.37. The molecular weight excluding hydrogens is 124 g/mol. The van der Waals surface area contributed by atoms with E-state index in [0.29, 0.717) is 11.6 Å². The first-order valence-corrected chi connectivity index (χ1v) is 3.24. The summed E-state index contributed by atoms with van der Waals surface area (Å²) in [5.41, 5.74) is 0.598. The van der Waals surface area contributed by atoms with Gasteiger partial charge in [-0.15, -0.1) is 0 Å². The van der Waals surface area contributed by atoms with Gasteiger partial charge >= 0.3 is 5.70 Å². The molecule has 2 nitrogen and oxygen atoms in total. The number of allylic oxidation sites excluding steroid dienone is 5. The van der Waals surface area contributed by atoms with Gasteiger partial charge < -0.3 is 0 Å². The normalized spacial score (nSPS) is 23.2. The zero-order chi connectivity index (χ0) is 7.40. The molecule has 0 aliphatic heterocycles. The van der Waals surface area contributed by atoms with Crippen molar-refractivity contribution in [2.24, 2.45) is 5.92 Å². The number of nitrogens with zero attached hydrogens (tertiary/aromatic N) is 2. The average molecular weight is 133 g/mol. The van der Waals surface area contributed by atoms with E-state index < -0.39 is 0 Å². The molecule has 1 aliphatic carbocycles. The van der Waals surface area contributed by atoms with E-state index in [9.17, 15) is 0 Å². The molecule has 0 bridgehead atoms. The summed E-state index contributed by atoms with van der Waals surface area (Å²) in [6.07, 6.45) is 9.47. The Morgan fingerprint density at radius 3 is 3.00 bits per heavy atom. The first-order chi connectivity index (χ1) is 4.83. The SMILES string of the molecule is CC1C=CC=C([N+]#N)C=C1. The highest BCUT2D eigenvalue weighted by Gasteiger charge is 2.05. The van der Waals surface area contributed by atoms with Crippen molar-refractivity contribution in [3.8, 4) is 0 Å². The zero-order valence-electron chi connectivity index (χ0n) is 5.86. The van der Waals surface area contributed by atoms with Crippen LogP contribution in [0.2, 0.25) is 0 Å². The summed E-state index contributed by atoms with van der Waals surface area (Å²) in [7, 11) is 0. The van der Waals surface area contributed by atoms with E-state index in [1.165, 1.54) is 0 Å². The minimum absolute atomic E-state index is 0.426. The van der Waals surface area contributed by atoms with Crippen molar-refractivity contribution in [2.45, 2.75) is 6.92 Å². The van der Waals surface area contributed by atoms with Crippen molar-refractivity contribution in [3.63, 3.8) is 0 Å². The van der Waals surface area contributed by atoms with Gasteiger partial charge in [0.2, 0.25) is 5.39 Å². The third kappa shape index (κ3) is 1.56. The van der Waals surface area contributed by atoms with Gasteiger partial charge in [-0.05, 0) is 5.92 Å². The maximum Gasteiger partial charge on any atom is 0.384 e. The number of diazo groups is 1. The lowest BCUT2D eigenvalue weighted by Gasteiger charge is -1.90. The van der Waals surface area contributed by atoms with Crippen LogP contribution >= 0.6 is 0 Å². The highest BCUT2D eigenvalue weighted by atomic mass is 14.8. The van der Waals surface area contributed by atoms with Gasteiger partial charge in [-0.3, -0.25) is 0 Å². The van der Waals surface area contributed by atoms with Crippen molar-refractivity contribution in [3.05, 3.63) is 41.1 Å². The van der Waals surface area contributed by atoms with Crippen LogP contribution in [0.1, 0.15) is 6.92 Å². The predicted molar refractivity (Wildman–Crippen MR) is 40.6 cm³/mol. The fraction of sp³-hybridized carbons (Fsp3) is 0.250. The first kappa shape index (κ1) is 6.76. The van der Waals surface area contributed by atoms with Crippen LogP contribution in [0, 0.1) is 11.3 Å². The number of rotatable bonds is 0. The minimum Gasteiger partial charge on any atom is -0.0776 e. The van der Waals surface area contributed by atoms with Gasteiger partial charge in [0.1, 0.15) is 0 Å². The highest BCUT2D eigenvalue weighted by Crippen LogP contribution is 2.09. The Morgan fingerprint density at radius 2 is 2.30 bits per heavy atom. The Kier molecular flexibility index (Phi) is 2.01. The number of hydrogen-bond donors (Lipinski definition) is 0. The van der Waals surface area contributed by atoms with Crippen LogP contribution in [0.4, 0.5) is 0 Å². The van der Waals surface area contributed by atoms with E-state index in [-0.39, 0.29) is 0 Å². The van der Waals surface area contributed by atoms with Crippen molar-refractivity contribution in [1.82, 2.24) is 0 Å². The minimum atomic E-state index is 0.426. The second-order valence-corrected chi connectivity index (χ2v) is 2.29. The molecular formula is C8H9N2+. The quantitative estimate of drug-likeness (QED) is 0.466. The standard InChI is InChI=1S/C8H9N2/c1-7-3-2-4-8(10-9)6-5-7/h2-7H,1H3/q+1. The Morgan fingerprint density at radius 1 is 1.50 bits per heavy atom. The maximum atomic E-state index is 8.37. The summed E-state index contributed by atoms with van der Waals surface area (Å²) in [5.74, 6) is 0.426. The predicted octanol–water partition coefficient (Wildman–Crippen LogP) is 2.49. The second kappa shape index (κ2) is 2.98. The average Bonchev–Trinajstić information content (AvgIpc) is 2.14. The van der Waals surface area contributed by atoms with Gasteiger partial charge in [-0.2, -0.15) is 0 Å². The molecule has 0 saturated heterocycles. The molecule has 1 unspecified atom stereocenters. The fourth-order valence-electron chi connectivity index (χ4n) is 0.766. The van der Waals surface area contributed by atoms with Gasteiger partial charge in [0.15, 0.2) is 4.98 Å². The topological polar surface area (TPSA) is 28.1 Å². The van der Waals surface area contributed by atoms with Crippen LogP contribution in [0.25, 0.3) is 4.98 Å². The van der Waals surface area contributed by atoms with Crippen LogP contribution in [0.5, 0.6) is 0 Å². The second-order valence-electron chi connectivity index (χ2n) is 2.29. The summed E-state index contributed by atoms with van der Waals surface area (Å²) in [4.78, 5) is 3.06. The smallest absolute Gasteiger partial charge is 0.0776 e. The van der Waals surface area contributed by atoms with Crippen molar-refractivity contribution in [2.75, 3.05) is 0 Å². The van der Waals surface area contributed by atoms with Gasteiger partial charge in [-0.25, -0.2) is 0 Å². The lowest BCUT2D eigenvalue weighted by Crippen LogP contribution is -1.78. The van der Waals surface area contributed by atoms with E-state index in [0.717, 1.165) is 0 Å². The third-order valence-electron chi connectivity index (χ3n) is 1.37. The lowest BCUT2D eigenvalue weighted by atomic mass is 10.2. The molecule has 0 heterocycles. The van der Waals surface area contributed by atoms with Crippen molar-refractivity contribution < 1.29 is 0 Å². The molecule has 1 aliphatic rings. The zero-order valence-corrected chi connectivity index (χ0v) is 5.86. The van der Waals surface area contributed by atoms with E-state index in [4.69, 9.17) is 5.39 Å². The number of hydrogen-bond acceptors (Lipinski definition) is 1. The monoisotopic (exact) mass is 133 g/mol. The van der Waals surface area contributed by atoms with Gasteiger partial charge in [-0.1, -0.05) is 25.2 Å². The molecule has 0 saturated carbocycles. The largest absolute Gasteiger partial charge is 0.384 e. The fourth-order valence-corrected chi connectivity index (χ4v) is 0.766. The van der Waals surface area contributed by atoms with E-state index in [1.807, 2.05) is 18.2 Å². The lowest BCUT2D eigenvalue weighted by molar-refractivity contribution is 0.942. The molecule has 50 valence electrons. The molecule has 0 aromatic heterocycles. The molecule has 1 rings (SSSR count). The molecule has 1 atom stereocenters. The summed E-state index contributed by atoms with van der Waals surface area (Å²) in [5, 5.41) is 8.37. The molecule has 0 spiro atoms. The summed E-state index contributed by atoms with van der Waals surface area (Å²) < 4.78 is 0. The first-order valence-electron chi connectivity index (χ1n) is 3.24. The van der Waals surface area contributed by atoms with E-state index in [1.54, 1.807) is 12.2 Å². The van der Waals surface area contributed by atoms with E-state index in [2.05, 4.69) is 11.9 Å². The van der Waals surface area contributed by atoms with Gasteiger partial charge in [0.05, 0.1) is 0 Å². The van der Waals surface area contributed by atoms with Gasteiger partial charge in [0, 0.05) is 12.2 Å². The van der Waals surface area contributed by atoms with Crippen LogP contribution in [0.3, 0.4) is 0 Å². The molecule has 10 heavy (non-hydrogen) atoms. The van der Waals surface area contributed by atoms with Crippen LogP contribution in [-0.2, 0) is 0 Å². The molecule has 0 aromatic carbocycles. The van der Waals surface area contributed by atoms with Crippen molar-refractivity contribution >= 4 is 0 Å². The Labute approximate surface area is 60.2 Å². The molecule has 0 fully saturated rings. The highest BCUT2D eigenvalue weighted by molar-refractivity contribution is 5.31. The molecule has 2 heteroatoms. The summed E-state index contributed by atoms with van der Waals surface area (Å²) in [6, 6.07) is 0. The van der Waals surface area contributed by atoms with Gasteiger partial charge in [0.25, 0.3) is 0 Å². The van der Waals surface area contributed by atoms with Crippen LogP contribution < -0.4 is 0 Å². The van der Waals surface area contributed by atoms with Crippen LogP contribution in [0.15, 0.2) is 36.1 Å². The van der Waals surface area contributed by atoms with Crippen LogP contribution in [-0.4, -0.2) is 0 Å². The third-order valence-corrected chi connectivity index (χ3v) is 1.37. The Balaban J connectivity index is 2.83. The van der Waals surface area contributed by atoms with E-state index >= 15 is 0 Å². The molecule has 0 radical (unpaired) electrons. The Bertz CT molecular complexity index is 240. The molecule has 0 aromatic rings. The molecule has 0 amide bonds. The Hall–Kier alpha value is -1.36.